The molecule has 0 aromatic heterocycles. The second-order valence-corrected chi connectivity index (χ2v) is 5.97. The Hall–Kier alpha value is -2.41. The van der Waals surface area contributed by atoms with Crippen molar-refractivity contribution in [1.29, 1.82) is 0 Å². The third-order valence-electron chi connectivity index (χ3n) is 4.02. The summed E-state index contributed by atoms with van der Waals surface area (Å²) >= 11 is 6.07. The minimum atomic E-state index is -1.22. The number of carbonyl (C=O) groups is 3. The molecule has 0 radical (unpaired) electrons. The third-order valence-corrected chi connectivity index (χ3v) is 4.43. The quantitative estimate of drug-likeness (QED) is 0.647. The predicted molar refractivity (Wildman–Crippen MR) is 83.2 cm³/mol. The number of benzene rings is 1. The number of anilines is 1. The van der Waals surface area contributed by atoms with Crippen LogP contribution >= 0.6 is 11.6 Å². The van der Waals surface area contributed by atoms with Gasteiger partial charge in [0.15, 0.2) is 0 Å². The summed E-state index contributed by atoms with van der Waals surface area (Å²) in [6.07, 6.45) is -0.0678. The Morgan fingerprint density at radius 3 is 2.78 bits per heavy atom. The van der Waals surface area contributed by atoms with E-state index in [-0.39, 0.29) is 24.5 Å². The highest BCUT2D eigenvalue weighted by Gasteiger charge is 2.56. The number of imide groups is 1. The van der Waals surface area contributed by atoms with Crippen molar-refractivity contribution < 1.29 is 19.1 Å². The fraction of sp³-hybridized carbons (Fsp3) is 0.333. The number of nitrogens with zero attached hydrogens (tertiary/aromatic N) is 2. The number of methoxy groups -OCH3 is 1. The zero-order valence-corrected chi connectivity index (χ0v) is 13.3. The first-order valence-corrected chi connectivity index (χ1v) is 7.31. The van der Waals surface area contributed by atoms with E-state index in [1.165, 1.54) is 7.11 Å². The zero-order valence-electron chi connectivity index (χ0n) is 12.6. The van der Waals surface area contributed by atoms with Crippen molar-refractivity contribution >= 4 is 40.8 Å². The molecule has 1 saturated heterocycles. The van der Waals surface area contributed by atoms with Crippen LogP contribution in [-0.2, 0) is 19.1 Å². The first-order valence-electron chi connectivity index (χ1n) is 6.93. The molecule has 0 aliphatic carbocycles. The van der Waals surface area contributed by atoms with Crippen LogP contribution in [0.5, 0.6) is 0 Å². The van der Waals surface area contributed by atoms with Crippen LogP contribution in [0.25, 0.3) is 0 Å². The molecule has 1 aromatic carbocycles. The summed E-state index contributed by atoms with van der Waals surface area (Å²) in [5.74, 6) is -1.44. The Morgan fingerprint density at radius 2 is 2.13 bits per heavy atom. The first kappa shape index (κ1) is 15.5. The Morgan fingerprint density at radius 1 is 1.39 bits per heavy atom. The highest BCUT2D eigenvalue weighted by molar-refractivity contribution is 6.39. The fourth-order valence-corrected chi connectivity index (χ4v) is 2.90. The molecule has 0 bridgehead atoms. The molecule has 1 aromatic rings. The summed E-state index contributed by atoms with van der Waals surface area (Å²) in [5, 5.41) is 4.32. The van der Waals surface area contributed by atoms with Crippen molar-refractivity contribution in [3.63, 3.8) is 0 Å². The van der Waals surface area contributed by atoms with Gasteiger partial charge in [-0.3, -0.25) is 15.0 Å². The Labute approximate surface area is 137 Å². The van der Waals surface area contributed by atoms with E-state index in [0.717, 1.165) is 10.5 Å². The van der Waals surface area contributed by atoms with Crippen LogP contribution in [0.2, 0.25) is 5.02 Å². The van der Waals surface area contributed by atoms with Crippen molar-refractivity contribution in [2.24, 2.45) is 5.10 Å². The maximum absolute atomic E-state index is 12.8. The van der Waals surface area contributed by atoms with E-state index in [1.807, 2.05) is 6.92 Å². The highest BCUT2D eigenvalue weighted by atomic mass is 35.5. The Kier molecular flexibility index (Phi) is 3.60. The molecule has 8 heteroatoms. The number of hydrogen-bond donors (Lipinski definition) is 1. The molecule has 1 atom stereocenters. The number of carbonyl (C=O) groups excluding carboxylic acids is 3. The number of aryl methyl sites for hydroxylation is 1. The van der Waals surface area contributed by atoms with Crippen molar-refractivity contribution in [1.82, 2.24) is 5.43 Å². The monoisotopic (exact) mass is 335 g/mol. The van der Waals surface area contributed by atoms with Crippen LogP contribution in [0.15, 0.2) is 23.3 Å². The van der Waals surface area contributed by atoms with Crippen LogP contribution in [-0.4, -0.2) is 36.1 Å². The Balaban J connectivity index is 1.89. The number of ether oxygens (including phenoxy) is 1. The van der Waals surface area contributed by atoms with Crippen LogP contribution in [0.3, 0.4) is 0 Å². The molecule has 120 valence electrons. The molecule has 2 aliphatic heterocycles. The molecule has 2 amide bonds. The smallest absolute Gasteiger partial charge is 0.354 e. The van der Waals surface area contributed by atoms with E-state index >= 15 is 0 Å². The normalized spacial score (nSPS) is 23.3. The van der Waals surface area contributed by atoms with Gasteiger partial charge in [0.25, 0.3) is 5.91 Å². The van der Waals surface area contributed by atoms with Gasteiger partial charge in [-0.15, -0.1) is 0 Å². The lowest BCUT2D eigenvalue weighted by Gasteiger charge is -2.21. The van der Waals surface area contributed by atoms with Gasteiger partial charge < -0.3 is 4.74 Å². The zero-order chi connectivity index (χ0) is 16.8. The lowest BCUT2D eigenvalue weighted by molar-refractivity contribution is -0.132. The average molecular weight is 336 g/mol. The molecule has 0 saturated carbocycles. The molecular formula is C15H14ClN3O4. The highest BCUT2D eigenvalue weighted by Crippen LogP contribution is 2.35. The number of halogens is 1. The molecule has 1 fully saturated rings. The molecular weight excluding hydrogens is 322 g/mol. The van der Waals surface area contributed by atoms with E-state index < -0.39 is 17.4 Å². The van der Waals surface area contributed by atoms with Gasteiger partial charge in [-0.25, -0.2) is 9.69 Å². The number of nitrogens with one attached hydrogen (secondary N) is 1. The maximum Gasteiger partial charge on any atom is 0.354 e. The van der Waals surface area contributed by atoms with Crippen LogP contribution in [0.1, 0.15) is 18.4 Å². The lowest BCUT2D eigenvalue weighted by Crippen LogP contribution is -2.47. The van der Waals surface area contributed by atoms with Gasteiger partial charge in [0.05, 0.1) is 19.2 Å². The summed E-state index contributed by atoms with van der Waals surface area (Å²) in [5.41, 5.74) is 2.77. The largest absolute Gasteiger partial charge is 0.464 e. The maximum atomic E-state index is 12.8. The van der Waals surface area contributed by atoms with E-state index in [1.54, 1.807) is 18.2 Å². The van der Waals surface area contributed by atoms with Gasteiger partial charge in [0.1, 0.15) is 11.3 Å². The molecule has 1 N–H and O–H groups in total. The average Bonchev–Trinajstić information content (AvgIpc) is 3.04. The molecule has 2 aliphatic rings. The second kappa shape index (κ2) is 5.34. The SMILES string of the molecule is COC(=O)C1=NNC2(CC(=O)N(c3ccc(C)c(Cl)c3)C2=O)C1. The molecule has 7 nitrogen and oxygen atoms in total. The number of rotatable bonds is 2. The van der Waals surface area contributed by atoms with Crippen LogP contribution in [0, 0.1) is 6.92 Å². The van der Waals surface area contributed by atoms with Crippen LogP contribution in [0.4, 0.5) is 5.69 Å². The van der Waals surface area contributed by atoms with E-state index in [9.17, 15) is 14.4 Å². The van der Waals surface area contributed by atoms with Crippen molar-refractivity contribution in [3.8, 4) is 0 Å². The van der Waals surface area contributed by atoms with Gasteiger partial charge in [0, 0.05) is 11.4 Å². The minimum Gasteiger partial charge on any atom is -0.464 e. The van der Waals surface area contributed by atoms with Crippen LogP contribution < -0.4 is 10.3 Å². The van der Waals surface area contributed by atoms with Gasteiger partial charge in [0.2, 0.25) is 5.91 Å². The van der Waals surface area contributed by atoms with Crippen molar-refractivity contribution in [2.45, 2.75) is 25.3 Å². The number of hydrogen-bond acceptors (Lipinski definition) is 6. The minimum absolute atomic E-state index is 0.0142. The summed E-state index contributed by atoms with van der Waals surface area (Å²) < 4.78 is 4.60. The van der Waals surface area contributed by atoms with E-state index in [0.29, 0.717) is 10.7 Å². The topological polar surface area (TPSA) is 88.1 Å². The number of amides is 2. The van der Waals surface area contributed by atoms with Gasteiger partial charge >= 0.3 is 5.97 Å². The summed E-state index contributed by atoms with van der Waals surface area (Å²) in [6.45, 7) is 1.83. The van der Waals surface area contributed by atoms with Gasteiger partial charge in [-0.05, 0) is 24.6 Å². The molecule has 2 heterocycles. The van der Waals surface area contributed by atoms with Crippen molar-refractivity contribution in [3.05, 3.63) is 28.8 Å². The number of hydrazone groups is 1. The summed E-state index contributed by atoms with van der Waals surface area (Å²) in [6, 6.07) is 4.97. The lowest BCUT2D eigenvalue weighted by atomic mass is 9.93. The number of esters is 1. The molecule has 23 heavy (non-hydrogen) atoms. The molecule has 3 rings (SSSR count). The summed E-state index contributed by atoms with van der Waals surface area (Å²) in [4.78, 5) is 37.7. The molecule has 1 spiro atoms. The van der Waals surface area contributed by atoms with Gasteiger partial charge in [-0.2, -0.15) is 5.10 Å². The van der Waals surface area contributed by atoms with E-state index in [2.05, 4.69) is 15.3 Å². The first-order chi connectivity index (χ1) is 10.9. The molecule has 1 unspecified atom stereocenters. The standard InChI is InChI=1S/C15H14ClN3O4/c1-8-3-4-9(5-10(8)16)19-12(20)7-15(14(19)22)6-11(17-18-15)13(21)23-2/h3-5,18H,6-7H2,1-2H3. The summed E-state index contributed by atoms with van der Waals surface area (Å²) in [7, 11) is 1.23. The van der Waals surface area contributed by atoms with E-state index in [4.69, 9.17) is 11.6 Å². The van der Waals surface area contributed by atoms with Crippen molar-refractivity contribution in [2.75, 3.05) is 12.0 Å². The third kappa shape index (κ3) is 2.37. The predicted octanol–water partition coefficient (Wildman–Crippen LogP) is 1.17. The fourth-order valence-electron chi connectivity index (χ4n) is 2.72. The Bertz CT molecular complexity index is 761. The van der Waals surface area contributed by atoms with Gasteiger partial charge in [-0.1, -0.05) is 17.7 Å². The second-order valence-electron chi connectivity index (χ2n) is 5.57.